The van der Waals surface area contributed by atoms with Crippen molar-refractivity contribution in [2.24, 2.45) is 0 Å². The van der Waals surface area contributed by atoms with Gasteiger partial charge in [0.2, 0.25) is 0 Å². The van der Waals surface area contributed by atoms with Crippen molar-refractivity contribution in [3.05, 3.63) is 76.7 Å². The molecule has 0 aliphatic heterocycles. The Bertz CT molecular complexity index is 903. The molecule has 0 radical (unpaired) electrons. The fourth-order valence-electron chi connectivity index (χ4n) is 2.27. The van der Waals surface area contributed by atoms with Crippen molar-refractivity contribution in [1.82, 2.24) is 4.40 Å². The monoisotopic (exact) mass is 325 g/mol. The summed E-state index contributed by atoms with van der Waals surface area (Å²) in [4.78, 5) is 26.4. The van der Waals surface area contributed by atoms with Crippen LogP contribution in [0.15, 0.2) is 75.4 Å². The standard InChI is InChI=1S/C18H15NO3S/c1-2-22-18(21)14-12-16(23-13-8-4-3-5-9-13)15-10-6-7-11-19(15)17(14)20/h3-12H,2H2,1H3. The van der Waals surface area contributed by atoms with Gasteiger partial charge in [-0.3, -0.25) is 9.20 Å². The molecular weight excluding hydrogens is 310 g/mol. The van der Waals surface area contributed by atoms with E-state index in [4.69, 9.17) is 4.74 Å². The smallest absolute Gasteiger partial charge is 0.343 e. The number of esters is 1. The van der Waals surface area contributed by atoms with Gasteiger partial charge in [0.15, 0.2) is 0 Å². The van der Waals surface area contributed by atoms with E-state index < -0.39 is 5.97 Å². The maximum Gasteiger partial charge on any atom is 0.343 e. The molecule has 2 aromatic heterocycles. The van der Waals surface area contributed by atoms with Crippen molar-refractivity contribution in [3.8, 4) is 0 Å². The summed E-state index contributed by atoms with van der Waals surface area (Å²) in [5.74, 6) is -0.592. The molecule has 1 aromatic carbocycles. The summed E-state index contributed by atoms with van der Waals surface area (Å²) < 4.78 is 6.49. The van der Waals surface area contributed by atoms with E-state index in [0.717, 1.165) is 15.3 Å². The first-order valence-electron chi connectivity index (χ1n) is 7.25. The number of benzene rings is 1. The molecule has 0 N–H and O–H groups in total. The molecule has 23 heavy (non-hydrogen) atoms. The van der Waals surface area contributed by atoms with Crippen LogP contribution in [-0.4, -0.2) is 17.0 Å². The molecule has 0 saturated heterocycles. The van der Waals surface area contributed by atoms with Gasteiger partial charge in [-0.15, -0.1) is 0 Å². The Balaban J connectivity index is 2.17. The third kappa shape index (κ3) is 3.14. The van der Waals surface area contributed by atoms with Gasteiger partial charge in [-0.05, 0) is 37.3 Å². The Morgan fingerprint density at radius 2 is 1.87 bits per heavy atom. The predicted molar refractivity (Wildman–Crippen MR) is 90.2 cm³/mol. The van der Waals surface area contributed by atoms with Gasteiger partial charge in [0.25, 0.3) is 5.56 Å². The highest BCUT2D eigenvalue weighted by molar-refractivity contribution is 7.99. The maximum atomic E-state index is 12.5. The van der Waals surface area contributed by atoms with Crippen LogP contribution >= 0.6 is 11.8 Å². The molecule has 0 aliphatic carbocycles. The molecule has 0 amide bonds. The van der Waals surface area contributed by atoms with Crippen molar-refractivity contribution in [2.75, 3.05) is 6.61 Å². The number of ether oxygens (including phenoxy) is 1. The molecule has 4 nitrogen and oxygen atoms in total. The Kier molecular flexibility index (Phi) is 4.48. The average molecular weight is 325 g/mol. The van der Waals surface area contributed by atoms with Crippen LogP contribution in [0.2, 0.25) is 0 Å². The molecule has 0 unspecified atom stereocenters. The summed E-state index contributed by atoms with van der Waals surface area (Å²) in [6, 6.07) is 16.9. The second-order valence-electron chi connectivity index (χ2n) is 4.82. The second-order valence-corrected chi connectivity index (χ2v) is 5.93. The minimum atomic E-state index is -0.592. The normalized spacial score (nSPS) is 10.7. The average Bonchev–Trinajstić information content (AvgIpc) is 2.58. The molecular formula is C18H15NO3S. The topological polar surface area (TPSA) is 47.8 Å². The molecule has 116 valence electrons. The summed E-state index contributed by atoms with van der Waals surface area (Å²) in [7, 11) is 0. The Hall–Kier alpha value is -2.53. The highest BCUT2D eigenvalue weighted by Gasteiger charge is 2.17. The van der Waals surface area contributed by atoms with Crippen LogP contribution in [0.3, 0.4) is 0 Å². The quantitative estimate of drug-likeness (QED) is 0.687. The third-order valence-electron chi connectivity index (χ3n) is 3.30. The summed E-state index contributed by atoms with van der Waals surface area (Å²) in [6.07, 6.45) is 1.66. The van der Waals surface area contributed by atoms with Gasteiger partial charge in [0, 0.05) is 16.0 Å². The fraction of sp³-hybridized carbons (Fsp3) is 0.111. The Labute approximate surface area is 137 Å². The summed E-state index contributed by atoms with van der Waals surface area (Å²) in [5.41, 5.74) is 0.449. The molecule has 0 fully saturated rings. The molecule has 0 saturated carbocycles. The number of hydrogen-bond acceptors (Lipinski definition) is 4. The summed E-state index contributed by atoms with van der Waals surface area (Å²) >= 11 is 1.51. The molecule has 0 spiro atoms. The van der Waals surface area contributed by atoms with Crippen LogP contribution in [0.1, 0.15) is 17.3 Å². The van der Waals surface area contributed by atoms with E-state index in [1.165, 1.54) is 16.2 Å². The number of nitrogens with zero attached hydrogens (tertiary/aromatic N) is 1. The molecule has 3 aromatic rings. The van der Waals surface area contributed by atoms with E-state index in [2.05, 4.69) is 0 Å². The van der Waals surface area contributed by atoms with Crippen molar-refractivity contribution in [2.45, 2.75) is 16.7 Å². The fourth-order valence-corrected chi connectivity index (χ4v) is 3.26. The van der Waals surface area contributed by atoms with Crippen LogP contribution < -0.4 is 5.56 Å². The Morgan fingerprint density at radius 3 is 2.61 bits per heavy atom. The predicted octanol–water partition coefficient (Wildman–Crippen LogP) is 3.63. The summed E-state index contributed by atoms with van der Waals surface area (Å²) in [6.45, 7) is 1.95. The lowest BCUT2D eigenvalue weighted by Gasteiger charge is -2.10. The van der Waals surface area contributed by atoms with Crippen molar-refractivity contribution < 1.29 is 9.53 Å². The number of pyridine rings is 2. The molecule has 0 bridgehead atoms. The van der Waals surface area contributed by atoms with Crippen molar-refractivity contribution >= 4 is 23.2 Å². The van der Waals surface area contributed by atoms with Gasteiger partial charge >= 0.3 is 5.97 Å². The van der Waals surface area contributed by atoms with E-state index in [9.17, 15) is 9.59 Å². The van der Waals surface area contributed by atoms with Gasteiger partial charge in [-0.25, -0.2) is 4.79 Å². The molecule has 3 rings (SSSR count). The van der Waals surface area contributed by atoms with Crippen LogP contribution in [0.25, 0.3) is 5.52 Å². The number of carbonyl (C=O) groups excluding carboxylic acids is 1. The lowest BCUT2D eigenvalue weighted by Crippen LogP contribution is -2.23. The first kappa shape index (κ1) is 15.4. The minimum Gasteiger partial charge on any atom is -0.462 e. The molecule has 0 aliphatic rings. The number of hydrogen-bond donors (Lipinski definition) is 0. The number of carbonyl (C=O) groups is 1. The van der Waals surface area contributed by atoms with Gasteiger partial charge in [-0.1, -0.05) is 36.0 Å². The van der Waals surface area contributed by atoms with Crippen LogP contribution in [0.4, 0.5) is 0 Å². The second kappa shape index (κ2) is 6.71. The Morgan fingerprint density at radius 1 is 1.13 bits per heavy atom. The number of fused-ring (bicyclic) bond motifs is 1. The van der Waals surface area contributed by atoms with Crippen LogP contribution in [0, 0.1) is 0 Å². The van der Waals surface area contributed by atoms with Gasteiger partial charge in [0.05, 0.1) is 12.1 Å². The van der Waals surface area contributed by atoms with Gasteiger partial charge in [0.1, 0.15) is 5.56 Å². The first-order valence-corrected chi connectivity index (χ1v) is 8.07. The van der Waals surface area contributed by atoms with Crippen molar-refractivity contribution in [1.29, 1.82) is 0 Å². The molecule has 2 heterocycles. The van der Waals surface area contributed by atoms with Gasteiger partial charge < -0.3 is 4.74 Å². The highest BCUT2D eigenvalue weighted by Crippen LogP contribution is 2.30. The lowest BCUT2D eigenvalue weighted by molar-refractivity contribution is 0.0524. The highest BCUT2D eigenvalue weighted by atomic mass is 32.2. The van der Waals surface area contributed by atoms with E-state index in [0.29, 0.717) is 0 Å². The van der Waals surface area contributed by atoms with E-state index >= 15 is 0 Å². The SMILES string of the molecule is CCOC(=O)c1cc(Sc2ccccc2)c2ccccn2c1=O. The van der Waals surface area contributed by atoms with E-state index in [-0.39, 0.29) is 17.7 Å². The van der Waals surface area contributed by atoms with E-state index in [1.807, 2.05) is 42.5 Å². The van der Waals surface area contributed by atoms with E-state index in [1.54, 1.807) is 25.3 Å². The zero-order valence-electron chi connectivity index (χ0n) is 12.6. The van der Waals surface area contributed by atoms with Crippen molar-refractivity contribution in [3.63, 3.8) is 0 Å². The number of rotatable bonds is 4. The third-order valence-corrected chi connectivity index (χ3v) is 4.36. The zero-order valence-corrected chi connectivity index (χ0v) is 13.4. The van der Waals surface area contributed by atoms with Gasteiger partial charge in [-0.2, -0.15) is 0 Å². The summed E-state index contributed by atoms with van der Waals surface area (Å²) in [5, 5.41) is 0. The largest absolute Gasteiger partial charge is 0.462 e. The minimum absolute atomic E-state index is 0.0500. The maximum absolute atomic E-state index is 12.5. The van der Waals surface area contributed by atoms with Crippen LogP contribution in [-0.2, 0) is 4.74 Å². The number of aromatic nitrogens is 1. The molecule has 0 atom stereocenters. The van der Waals surface area contributed by atoms with Crippen LogP contribution in [0.5, 0.6) is 0 Å². The molecule has 5 heteroatoms. The first-order chi connectivity index (χ1) is 11.2. The lowest BCUT2D eigenvalue weighted by atomic mass is 10.2. The zero-order chi connectivity index (χ0) is 16.2.